The molecule has 88 valence electrons. The lowest BCUT2D eigenvalue weighted by molar-refractivity contribution is 0.0110. The molecule has 4 nitrogen and oxygen atoms in total. The monoisotopic (exact) mass is 233 g/mol. The van der Waals surface area contributed by atoms with E-state index in [1.807, 2.05) is 0 Å². The fourth-order valence-corrected chi connectivity index (χ4v) is 3.58. The summed E-state index contributed by atoms with van der Waals surface area (Å²) >= 11 is 0. The summed E-state index contributed by atoms with van der Waals surface area (Å²) in [6.45, 7) is 1.98. The van der Waals surface area contributed by atoms with Gasteiger partial charge in [0.05, 0.1) is 11.4 Å². The van der Waals surface area contributed by atoms with Crippen LogP contribution in [-0.2, 0) is 9.84 Å². The molecule has 0 aromatic rings. The van der Waals surface area contributed by atoms with Gasteiger partial charge in [-0.1, -0.05) is 0 Å². The Morgan fingerprint density at radius 2 is 2.20 bits per heavy atom. The van der Waals surface area contributed by atoms with E-state index in [-0.39, 0.29) is 11.8 Å². The molecule has 2 aliphatic rings. The van der Waals surface area contributed by atoms with Gasteiger partial charge < -0.3 is 5.11 Å². The molecule has 0 amide bonds. The van der Waals surface area contributed by atoms with Crippen molar-refractivity contribution >= 4 is 9.84 Å². The fraction of sp³-hybridized carbons (Fsp3) is 1.00. The Morgan fingerprint density at radius 1 is 1.47 bits per heavy atom. The third-order valence-corrected chi connectivity index (χ3v) is 4.67. The van der Waals surface area contributed by atoms with E-state index in [0.29, 0.717) is 6.42 Å². The first kappa shape index (κ1) is 11.4. The number of fused-ring (bicyclic) bond motifs is 1. The Bertz CT molecular complexity index is 341. The highest BCUT2D eigenvalue weighted by Crippen LogP contribution is 2.38. The van der Waals surface area contributed by atoms with Crippen molar-refractivity contribution in [3.63, 3.8) is 0 Å². The fourth-order valence-electron chi connectivity index (χ4n) is 2.86. The van der Waals surface area contributed by atoms with Crippen molar-refractivity contribution in [2.24, 2.45) is 0 Å². The van der Waals surface area contributed by atoms with Gasteiger partial charge in [-0.3, -0.25) is 4.90 Å². The molecule has 0 aliphatic carbocycles. The highest BCUT2D eigenvalue weighted by molar-refractivity contribution is 7.90. The van der Waals surface area contributed by atoms with Crippen LogP contribution in [0.25, 0.3) is 0 Å². The van der Waals surface area contributed by atoms with Crippen LogP contribution in [0.1, 0.15) is 25.7 Å². The number of rotatable bonds is 3. The molecule has 0 radical (unpaired) electrons. The van der Waals surface area contributed by atoms with Gasteiger partial charge in [-0.05, 0) is 32.2 Å². The lowest BCUT2D eigenvalue weighted by Crippen LogP contribution is -2.42. The maximum absolute atomic E-state index is 11.1. The van der Waals surface area contributed by atoms with Crippen molar-refractivity contribution in [1.82, 2.24) is 4.90 Å². The summed E-state index contributed by atoms with van der Waals surface area (Å²) < 4.78 is 22.2. The van der Waals surface area contributed by atoms with Crippen LogP contribution in [0.5, 0.6) is 0 Å². The summed E-state index contributed by atoms with van der Waals surface area (Å²) in [5, 5.41) is 10.4. The van der Waals surface area contributed by atoms with E-state index in [1.165, 1.54) is 6.26 Å². The SMILES string of the molecule is CS(=O)(=O)CCC1(O)CCN2CCCC21. The van der Waals surface area contributed by atoms with E-state index in [9.17, 15) is 13.5 Å². The predicted molar refractivity (Wildman–Crippen MR) is 58.5 cm³/mol. The standard InChI is InChI=1S/C10H19NO3S/c1-15(13,14)8-5-10(12)4-7-11-6-2-3-9(10)11/h9,12H,2-8H2,1H3. The predicted octanol–water partition coefficient (Wildman–Crippen LogP) is 0.0203. The van der Waals surface area contributed by atoms with Crippen LogP contribution in [0.15, 0.2) is 0 Å². The van der Waals surface area contributed by atoms with E-state index >= 15 is 0 Å². The van der Waals surface area contributed by atoms with Crippen molar-refractivity contribution in [2.45, 2.75) is 37.3 Å². The molecule has 0 aromatic carbocycles. The first-order valence-corrected chi connectivity index (χ1v) is 7.61. The number of hydrogen-bond donors (Lipinski definition) is 1. The highest BCUT2D eigenvalue weighted by atomic mass is 32.2. The van der Waals surface area contributed by atoms with Crippen LogP contribution in [0.3, 0.4) is 0 Å². The van der Waals surface area contributed by atoms with Crippen molar-refractivity contribution in [2.75, 3.05) is 25.1 Å². The van der Waals surface area contributed by atoms with Crippen LogP contribution in [0, 0.1) is 0 Å². The van der Waals surface area contributed by atoms with E-state index in [2.05, 4.69) is 4.90 Å². The van der Waals surface area contributed by atoms with E-state index in [1.54, 1.807) is 0 Å². The Kier molecular flexibility index (Phi) is 2.81. The smallest absolute Gasteiger partial charge is 0.147 e. The van der Waals surface area contributed by atoms with Gasteiger partial charge in [0.2, 0.25) is 0 Å². The van der Waals surface area contributed by atoms with Crippen LogP contribution >= 0.6 is 0 Å². The first-order chi connectivity index (χ1) is 6.91. The molecule has 0 saturated carbocycles. The quantitative estimate of drug-likeness (QED) is 0.746. The Balaban J connectivity index is 2.01. The van der Waals surface area contributed by atoms with Gasteiger partial charge in [0.1, 0.15) is 9.84 Å². The third kappa shape index (κ3) is 2.34. The Labute approximate surface area is 91.2 Å². The summed E-state index contributed by atoms with van der Waals surface area (Å²) in [6, 6.07) is 0.208. The van der Waals surface area contributed by atoms with Gasteiger partial charge in [0.25, 0.3) is 0 Å². The number of nitrogens with zero attached hydrogens (tertiary/aromatic N) is 1. The second kappa shape index (κ2) is 3.71. The molecule has 2 atom stereocenters. The van der Waals surface area contributed by atoms with Crippen molar-refractivity contribution in [1.29, 1.82) is 0 Å². The second-order valence-electron chi connectivity index (χ2n) is 4.93. The first-order valence-electron chi connectivity index (χ1n) is 5.55. The molecule has 2 aliphatic heterocycles. The molecular formula is C10H19NO3S. The molecule has 1 N–H and O–H groups in total. The minimum Gasteiger partial charge on any atom is -0.388 e. The number of aliphatic hydroxyl groups is 1. The van der Waals surface area contributed by atoms with Crippen molar-refractivity contribution in [3.8, 4) is 0 Å². The second-order valence-corrected chi connectivity index (χ2v) is 7.19. The Morgan fingerprint density at radius 3 is 2.87 bits per heavy atom. The lowest BCUT2D eigenvalue weighted by atomic mass is 9.90. The maximum Gasteiger partial charge on any atom is 0.147 e. The van der Waals surface area contributed by atoms with Gasteiger partial charge in [-0.2, -0.15) is 0 Å². The zero-order valence-electron chi connectivity index (χ0n) is 9.15. The number of sulfone groups is 1. The molecule has 0 bridgehead atoms. The van der Waals surface area contributed by atoms with Crippen LogP contribution in [0.4, 0.5) is 0 Å². The molecule has 2 fully saturated rings. The van der Waals surface area contributed by atoms with E-state index in [4.69, 9.17) is 0 Å². The van der Waals surface area contributed by atoms with Gasteiger partial charge >= 0.3 is 0 Å². The maximum atomic E-state index is 11.1. The summed E-state index contributed by atoms with van der Waals surface area (Å²) in [5.41, 5.74) is -0.750. The largest absolute Gasteiger partial charge is 0.388 e. The van der Waals surface area contributed by atoms with Gasteiger partial charge in [-0.15, -0.1) is 0 Å². The zero-order chi connectivity index (χ0) is 11.1. The molecule has 0 aromatic heterocycles. The average Bonchev–Trinajstić information content (AvgIpc) is 2.67. The van der Waals surface area contributed by atoms with Crippen LogP contribution in [-0.4, -0.2) is 55.2 Å². The summed E-state index contributed by atoms with van der Waals surface area (Å²) in [7, 11) is -2.96. The van der Waals surface area contributed by atoms with Gasteiger partial charge in [0.15, 0.2) is 0 Å². The van der Waals surface area contributed by atoms with Crippen LogP contribution < -0.4 is 0 Å². The van der Waals surface area contributed by atoms with Crippen molar-refractivity contribution < 1.29 is 13.5 Å². The molecule has 2 heterocycles. The van der Waals surface area contributed by atoms with Gasteiger partial charge in [0, 0.05) is 18.8 Å². The molecule has 2 unspecified atom stereocenters. The van der Waals surface area contributed by atoms with Gasteiger partial charge in [-0.25, -0.2) is 8.42 Å². The Hall–Kier alpha value is -0.130. The lowest BCUT2D eigenvalue weighted by Gasteiger charge is -2.29. The molecule has 2 rings (SSSR count). The zero-order valence-corrected chi connectivity index (χ0v) is 9.96. The van der Waals surface area contributed by atoms with E-state index < -0.39 is 15.4 Å². The molecular weight excluding hydrogens is 214 g/mol. The number of hydrogen-bond acceptors (Lipinski definition) is 4. The molecule has 0 spiro atoms. The summed E-state index contributed by atoms with van der Waals surface area (Å²) in [4.78, 5) is 2.29. The molecule has 15 heavy (non-hydrogen) atoms. The third-order valence-electron chi connectivity index (χ3n) is 3.72. The average molecular weight is 233 g/mol. The van der Waals surface area contributed by atoms with E-state index in [0.717, 1.165) is 32.4 Å². The summed E-state index contributed by atoms with van der Waals surface area (Å²) in [6.07, 6.45) is 4.50. The normalized spacial score (nSPS) is 37.1. The minimum atomic E-state index is -2.96. The summed E-state index contributed by atoms with van der Waals surface area (Å²) in [5.74, 6) is 0.105. The molecule has 5 heteroatoms. The van der Waals surface area contributed by atoms with Crippen LogP contribution in [0.2, 0.25) is 0 Å². The minimum absolute atomic E-state index is 0.105. The highest BCUT2D eigenvalue weighted by Gasteiger charge is 2.47. The van der Waals surface area contributed by atoms with Crippen molar-refractivity contribution in [3.05, 3.63) is 0 Å². The molecule has 2 saturated heterocycles. The topological polar surface area (TPSA) is 57.6 Å².